The third kappa shape index (κ3) is 6.00. The molecule has 7 nitrogen and oxygen atoms in total. The number of benzene rings is 2. The van der Waals surface area contributed by atoms with Crippen LogP contribution in [0.4, 0.5) is 0 Å². The highest BCUT2D eigenvalue weighted by atomic mass is 16.5. The lowest BCUT2D eigenvalue weighted by atomic mass is 10.0. The quantitative estimate of drug-likeness (QED) is 0.601. The lowest BCUT2D eigenvalue weighted by molar-refractivity contribution is -0.120. The Bertz CT molecular complexity index is 862. The highest BCUT2D eigenvalue weighted by Gasteiger charge is 2.16. The molecule has 0 heterocycles. The first kappa shape index (κ1) is 21.8. The van der Waals surface area contributed by atoms with E-state index in [1.165, 1.54) is 14.2 Å². The maximum Gasteiger partial charge on any atom is 0.251 e. The van der Waals surface area contributed by atoms with Crippen LogP contribution >= 0.6 is 0 Å². The smallest absolute Gasteiger partial charge is 0.251 e. The minimum Gasteiger partial charge on any atom is -0.497 e. The Kier molecular flexibility index (Phi) is 8.09. The zero-order valence-electron chi connectivity index (χ0n) is 16.9. The van der Waals surface area contributed by atoms with Crippen molar-refractivity contribution < 1.29 is 23.8 Å². The zero-order valence-corrected chi connectivity index (χ0v) is 16.9. The van der Waals surface area contributed by atoms with E-state index in [0.717, 1.165) is 16.9 Å². The van der Waals surface area contributed by atoms with Crippen LogP contribution in [0.15, 0.2) is 49.1 Å². The average Bonchev–Trinajstić information content (AvgIpc) is 2.75. The molecule has 0 aliphatic carbocycles. The van der Waals surface area contributed by atoms with Crippen LogP contribution < -0.4 is 24.8 Å². The molecule has 7 heteroatoms. The topological polar surface area (TPSA) is 85.9 Å². The minimum absolute atomic E-state index is 0.139. The number of amides is 2. The van der Waals surface area contributed by atoms with Crippen molar-refractivity contribution in [2.75, 3.05) is 27.9 Å². The Morgan fingerprint density at radius 3 is 2.31 bits per heavy atom. The number of hydrogen-bond donors (Lipinski definition) is 2. The molecule has 2 N–H and O–H groups in total. The van der Waals surface area contributed by atoms with E-state index in [2.05, 4.69) is 17.2 Å². The summed E-state index contributed by atoms with van der Waals surface area (Å²) in [5, 5.41) is 5.38. The lowest BCUT2D eigenvalue weighted by Crippen LogP contribution is -2.36. The van der Waals surface area contributed by atoms with E-state index < -0.39 is 0 Å². The first-order valence-corrected chi connectivity index (χ1v) is 9.06. The molecule has 0 unspecified atom stereocenters. The van der Waals surface area contributed by atoms with Crippen LogP contribution in [0.1, 0.15) is 21.5 Å². The fourth-order valence-corrected chi connectivity index (χ4v) is 2.75. The van der Waals surface area contributed by atoms with Crippen molar-refractivity contribution in [2.45, 2.75) is 13.0 Å². The molecule has 0 bridgehead atoms. The second-order valence-electron chi connectivity index (χ2n) is 6.17. The molecular weight excluding hydrogens is 372 g/mol. The molecule has 29 heavy (non-hydrogen) atoms. The Morgan fingerprint density at radius 1 is 1.00 bits per heavy atom. The van der Waals surface area contributed by atoms with Crippen LogP contribution in [0.2, 0.25) is 0 Å². The first-order valence-electron chi connectivity index (χ1n) is 9.06. The number of methoxy groups -OCH3 is 3. The summed E-state index contributed by atoms with van der Waals surface area (Å²) in [6.07, 6.45) is 2.23. The van der Waals surface area contributed by atoms with Crippen molar-refractivity contribution in [3.63, 3.8) is 0 Å². The van der Waals surface area contributed by atoms with Gasteiger partial charge in [-0.2, -0.15) is 0 Å². The molecule has 0 aliphatic rings. The van der Waals surface area contributed by atoms with Gasteiger partial charge < -0.3 is 24.8 Å². The summed E-state index contributed by atoms with van der Waals surface area (Å²) in [6.45, 7) is 3.94. The normalized spacial score (nSPS) is 10.0. The second-order valence-corrected chi connectivity index (χ2v) is 6.17. The van der Waals surface area contributed by atoms with E-state index in [-0.39, 0.29) is 18.4 Å². The van der Waals surface area contributed by atoms with E-state index in [0.29, 0.717) is 30.0 Å². The number of allylic oxidation sites excluding steroid dienone is 1. The maximum absolute atomic E-state index is 12.5. The summed E-state index contributed by atoms with van der Waals surface area (Å²) in [5.74, 6) is 1.08. The van der Waals surface area contributed by atoms with Crippen LogP contribution in [0.5, 0.6) is 17.2 Å². The number of carbonyl (C=O) groups excluding carboxylic acids is 2. The highest BCUT2D eigenvalue weighted by Crippen LogP contribution is 2.33. The molecule has 2 aromatic rings. The lowest BCUT2D eigenvalue weighted by Gasteiger charge is -2.14. The van der Waals surface area contributed by atoms with Gasteiger partial charge in [-0.1, -0.05) is 18.2 Å². The maximum atomic E-state index is 12.5. The van der Waals surface area contributed by atoms with Gasteiger partial charge in [-0.05, 0) is 36.2 Å². The molecular formula is C22H26N2O5. The molecule has 2 amide bonds. The van der Waals surface area contributed by atoms with Crippen LogP contribution in [0, 0.1) is 0 Å². The van der Waals surface area contributed by atoms with Crippen molar-refractivity contribution in [3.05, 3.63) is 65.7 Å². The second kappa shape index (κ2) is 10.8. The van der Waals surface area contributed by atoms with Gasteiger partial charge in [0.2, 0.25) is 5.91 Å². The molecule has 0 saturated heterocycles. The summed E-state index contributed by atoms with van der Waals surface area (Å²) in [6, 6.07) is 10.6. The summed E-state index contributed by atoms with van der Waals surface area (Å²) < 4.78 is 15.8. The van der Waals surface area contributed by atoms with Crippen LogP contribution in [0.25, 0.3) is 0 Å². The average molecular weight is 398 g/mol. The van der Waals surface area contributed by atoms with E-state index in [1.54, 1.807) is 25.3 Å². The van der Waals surface area contributed by atoms with Crippen LogP contribution in [0.3, 0.4) is 0 Å². The van der Waals surface area contributed by atoms with Gasteiger partial charge in [0.15, 0.2) is 11.5 Å². The molecule has 0 aliphatic heterocycles. The van der Waals surface area contributed by atoms with E-state index in [4.69, 9.17) is 14.2 Å². The van der Waals surface area contributed by atoms with Crippen molar-refractivity contribution in [2.24, 2.45) is 0 Å². The standard InChI is InChI=1S/C22H26N2O5/c1-5-6-16-11-17(12-19(28-3)21(16)29-4)22(26)24-14-20(25)23-13-15-7-9-18(27-2)10-8-15/h5,7-12H,1,6,13-14H2,2-4H3,(H,23,25)(H,24,26). The van der Waals surface area contributed by atoms with Gasteiger partial charge >= 0.3 is 0 Å². The van der Waals surface area contributed by atoms with Crippen LogP contribution in [-0.4, -0.2) is 39.7 Å². The van der Waals surface area contributed by atoms with Gasteiger partial charge in [-0.3, -0.25) is 9.59 Å². The Morgan fingerprint density at radius 2 is 1.72 bits per heavy atom. The Hall–Kier alpha value is -3.48. The van der Waals surface area contributed by atoms with Gasteiger partial charge in [-0.25, -0.2) is 0 Å². The highest BCUT2D eigenvalue weighted by molar-refractivity contribution is 5.97. The van der Waals surface area contributed by atoms with Gasteiger partial charge in [0.25, 0.3) is 5.91 Å². The molecule has 2 rings (SSSR count). The molecule has 154 valence electrons. The van der Waals surface area contributed by atoms with Gasteiger partial charge in [0, 0.05) is 17.7 Å². The number of ether oxygens (including phenoxy) is 3. The Labute approximate surface area is 170 Å². The van der Waals surface area contributed by atoms with Crippen molar-refractivity contribution in [3.8, 4) is 17.2 Å². The van der Waals surface area contributed by atoms with Crippen molar-refractivity contribution in [1.29, 1.82) is 0 Å². The molecule has 0 atom stereocenters. The third-order valence-electron chi connectivity index (χ3n) is 4.24. The van der Waals surface area contributed by atoms with E-state index in [9.17, 15) is 9.59 Å². The summed E-state index contributed by atoms with van der Waals surface area (Å²) in [5.41, 5.74) is 2.08. The summed E-state index contributed by atoms with van der Waals surface area (Å²) in [4.78, 5) is 24.6. The van der Waals surface area contributed by atoms with Crippen molar-refractivity contribution >= 4 is 11.8 Å². The number of rotatable bonds is 10. The molecule has 0 spiro atoms. The van der Waals surface area contributed by atoms with E-state index in [1.807, 2.05) is 24.3 Å². The van der Waals surface area contributed by atoms with Crippen LogP contribution in [-0.2, 0) is 17.8 Å². The first-order chi connectivity index (χ1) is 14.0. The number of carbonyl (C=O) groups is 2. The zero-order chi connectivity index (χ0) is 21.2. The number of nitrogens with one attached hydrogen (secondary N) is 2. The molecule has 2 aromatic carbocycles. The Balaban J connectivity index is 1.96. The largest absolute Gasteiger partial charge is 0.497 e. The molecule has 0 aromatic heterocycles. The van der Waals surface area contributed by atoms with Crippen molar-refractivity contribution in [1.82, 2.24) is 10.6 Å². The van der Waals surface area contributed by atoms with Gasteiger partial charge in [0.05, 0.1) is 27.9 Å². The minimum atomic E-state index is -0.379. The fourth-order valence-electron chi connectivity index (χ4n) is 2.75. The van der Waals surface area contributed by atoms with E-state index >= 15 is 0 Å². The number of hydrogen-bond acceptors (Lipinski definition) is 5. The van der Waals surface area contributed by atoms with Gasteiger partial charge in [-0.15, -0.1) is 6.58 Å². The predicted molar refractivity (Wildman–Crippen MR) is 111 cm³/mol. The predicted octanol–water partition coefficient (Wildman–Crippen LogP) is 2.49. The summed E-state index contributed by atoms with van der Waals surface area (Å²) >= 11 is 0. The van der Waals surface area contributed by atoms with Gasteiger partial charge in [0.1, 0.15) is 5.75 Å². The third-order valence-corrected chi connectivity index (χ3v) is 4.24. The molecule has 0 saturated carbocycles. The molecule has 0 radical (unpaired) electrons. The fraction of sp³-hybridized carbons (Fsp3) is 0.273. The SMILES string of the molecule is C=CCc1cc(C(=O)NCC(=O)NCc2ccc(OC)cc2)cc(OC)c1OC. The summed E-state index contributed by atoms with van der Waals surface area (Å²) in [7, 11) is 4.64. The monoisotopic (exact) mass is 398 g/mol. The molecule has 0 fully saturated rings.